The molecule has 0 aliphatic heterocycles. The highest BCUT2D eigenvalue weighted by atomic mass is 32.1. The molecule has 0 saturated carbocycles. The Kier molecular flexibility index (Phi) is 9.44. The average molecular weight is 536 g/mol. The molecule has 0 radical (unpaired) electrons. The zero-order valence-electron chi connectivity index (χ0n) is 22.9. The molecule has 0 fully saturated rings. The fraction of sp³-hybridized carbons (Fsp3) is 0.367. The van der Waals surface area contributed by atoms with Crippen LogP contribution in [0.4, 0.5) is 10.5 Å². The third-order valence-electron chi connectivity index (χ3n) is 6.22. The highest BCUT2D eigenvalue weighted by molar-refractivity contribution is 7.80. The third kappa shape index (κ3) is 7.28. The molecule has 0 spiro atoms. The number of anilines is 1. The van der Waals surface area contributed by atoms with E-state index < -0.39 is 29.7 Å². The molecule has 2 atom stereocenters. The van der Waals surface area contributed by atoms with E-state index in [9.17, 15) is 14.4 Å². The summed E-state index contributed by atoms with van der Waals surface area (Å²) in [5.41, 5.74) is 2.67. The lowest BCUT2D eigenvalue weighted by molar-refractivity contribution is -0.140. The highest BCUT2D eigenvalue weighted by Crippen LogP contribution is 2.27. The standard InChI is InChI=1S/C30H37N3O4S/c1-7-33(28(35)25(18-38)32-29(36)37-30(4,5)6)26(23-13-12-19(2)20(3)16-23)27(34)31-24-15-14-21-10-8-9-11-22(21)17-24/h8-17,25-26,38H,7,18H2,1-6H3,(H,31,34)(H,32,36). The number of thiol groups is 1. The molecule has 3 aromatic carbocycles. The number of aryl methyl sites for hydroxylation is 2. The summed E-state index contributed by atoms with van der Waals surface area (Å²) in [5, 5.41) is 7.67. The van der Waals surface area contributed by atoms with Crippen molar-refractivity contribution in [3.8, 4) is 0 Å². The Morgan fingerprint density at radius 1 is 0.947 bits per heavy atom. The SMILES string of the molecule is CCN(C(=O)C(CS)NC(=O)OC(C)(C)C)C(C(=O)Nc1ccc2ccccc2c1)c1ccc(C)c(C)c1. The van der Waals surface area contributed by atoms with Crippen LogP contribution in [0.3, 0.4) is 0 Å². The molecule has 38 heavy (non-hydrogen) atoms. The number of carbonyl (C=O) groups excluding carboxylic acids is 3. The predicted octanol–water partition coefficient (Wildman–Crippen LogP) is 5.81. The minimum absolute atomic E-state index is 0.0422. The Morgan fingerprint density at radius 2 is 1.63 bits per heavy atom. The van der Waals surface area contributed by atoms with Crippen LogP contribution in [-0.4, -0.2) is 46.7 Å². The van der Waals surface area contributed by atoms with Gasteiger partial charge in [-0.15, -0.1) is 0 Å². The van der Waals surface area contributed by atoms with Gasteiger partial charge in [0.1, 0.15) is 17.7 Å². The zero-order chi connectivity index (χ0) is 28.0. The number of nitrogens with one attached hydrogen (secondary N) is 2. The van der Waals surface area contributed by atoms with Crippen molar-refractivity contribution in [2.24, 2.45) is 0 Å². The zero-order valence-corrected chi connectivity index (χ0v) is 23.8. The Morgan fingerprint density at radius 3 is 2.24 bits per heavy atom. The van der Waals surface area contributed by atoms with Gasteiger partial charge in [0.2, 0.25) is 5.91 Å². The molecule has 2 unspecified atom stereocenters. The van der Waals surface area contributed by atoms with Crippen molar-refractivity contribution in [2.75, 3.05) is 17.6 Å². The maximum absolute atomic E-state index is 13.8. The smallest absolute Gasteiger partial charge is 0.408 e. The van der Waals surface area contributed by atoms with Gasteiger partial charge in [-0.3, -0.25) is 9.59 Å². The summed E-state index contributed by atoms with van der Waals surface area (Å²) in [5.74, 6) is -0.736. The predicted molar refractivity (Wildman–Crippen MR) is 156 cm³/mol. The molecule has 0 saturated heterocycles. The second kappa shape index (κ2) is 12.3. The molecule has 0 aromatic heterocycles. The van der Waals surface area contributed by atoms with Gasteiger partial charge in [-0.25, -0.2) is 4.79 Å². The normalized spacial score (nSPS) is 12.9. The van der Waals surface area contributed by atoms with Crippen LogP contribution in [0.1, 0.15) is 50.4 Å². The van der Waals surface area contributed by atoms with Crippen molar-refractivity contribution in [3.05, 3.63) is 77.4 Å². The first-order chi connectivity index (χ1) is 17.9. The molecule has 7 nitrogen and oxygen atoms in total. The monoisotopic (exact) mass is 535 g/mol. The number of hydrogen-bond acceptors (Lipinski definition) is 5. The summed E-state index contributed by atoms with van der Waals surface area (Å²) in [6.07, 6.45) is -0.718. The molecule has 0 bridgehead atoms. The lowest BCUT2D eigenvalue weighted by atomic mass is 9.98. The number of alkyl carbamates (subject to hydrolysis) is 1. The molecular formula is C30H37N3O4S. The Labute approximate surface area is 230 Å². The van der Waals surface area contributed by atoms with Gasteiger partial charge in [0.25, 0.3) is 5.91 Å². The Bertz CT molecular complexity index is 1320. The summed E-state index contributed by atoms with van der Waals surface area (Å²) in [4.78, 5) is 41.5. The molecular weight excluding hydrogens is 498 g/mol. The average Bonchev–Trinajstić information content (AvgIpc) is 2.86. The van der Waals surface area contributed by atoms with E-state index in [0.717, 1.165) is 21.9 Å². The quantitative estimate of drug-likeness (QED) is 0.318. The summed E-state index contributed by atoms with van der Waals surface area (Å²) in [6, 6.07) is 17.4. The van der Waals surface area contributed by atoms with E-state index in [0.29, 0.717) is 11.3 Å². The largest absolute Gasteiger partial charge is 0.444 e. The van der Waals surface area contributed by atoms with Crippen LogP contribution in [0.25, 0.3) is 10.8 Å². The van der Waals surface area contributed by atoms with E-state index in [4.69, 9.17) is 4.74 Å². The van der Waals surface area contributed by atoms with Crippen LogP contribution >= 0.6 is 12.6 Å². The number of ether oxygens (including phenoxy) is 1. The maximum Gasteiger partial charge on any atom is 0.408 e. The minimum Gasteiger partial charge on any atom is -0.444 e. The fourth-order valence-corrected chi connectivity index (χ4v) is 4.43. The van der Waals surface area contributed by atoms with Crippen LogP contribution < -0.4 is 10.6 Å². The summed E-state index contributed by atoms with van der Waals surface area (Å²) >= 11 is 4.31. The Hall–Kier alpha value is -3.52. The summed E-state index contributed by atoms with van der Waals surface area (Å²) in [7, 11) is 0. The minimum atomic E-state index is -0.976. The number of carbonyl (C=O) groups is 3. The number of rotatable bonds is 8. The highest BCUT2D eigenvalue weighted by Gasteiger charge is 2.35. The molecule has 8 heteroatoms. The number of benzene rings is 3. The number of amides is 3. The van der Waals surface area contributed by atoms with Crippen molar-refractivity contribution >= 4 is 47.0 Å². The number of nitrogens with zero attached hydrogens (tertiary/aromatic N) is 1. The lowest BCUT2D eigenvalue weighted by Gasteiger charge is -2.33. The van der Waals surface area contributed by atoms with Gasteiger partial charge in [-0.05, 0) is 81.1 Å². The van der Waals surface area contributed by atoms with Crippen LogP contribution in [0, 0.1) is 13.8 Å². The molecule has 0 aliphatic rings. The van der Waals surface area contributed by atoms with Gasteiger partial charge < -0.3 is 20.3 Å². The van der Waals surface area contributed by atoms with Gasteiger partial charge in [0, 0.05) is 18.0 Å². The molecule has 0 aliphatic carbocycles. The second-order valence-electron chi connectivity index (χ2n) is 10.3. The van der Waals surface area contributed by atoms with Crippen molar-refractivity contribution < 1.29 is 19.1 Å². The van der Waals surface area contributed by atoms with Crippen LogP contribution in [0.5, 0.6) is 0 Å². The fourth-order valence-electron chi connectivity index (χ4n) is 4.19. The van der Waals surface area contributed by atoms with Crippen molar-refractivity contribution in [2.45, 2.75) is 59.2 Å². The van der Waals surface area contributed by atoms with Crippen LogP contribution in [0.2, 0.25) is 0 Å². The van der Waals surface area contributed by atoms with E-state index in [1.54, 1.807) is 27.7 Å². The molecule has 3 amide bonds. The van der Waals surface area contributed by atoms with Gasteiger partial charge in [0.15, 0.2) is 0 Å². The van der Waals surface area contributed by atoms with E-state index in [1.165, 1.54) is 4.90 Å². The van der Waals surface area contributed by atoms with Crippen LogP contribution in [-0.2, 0) is 14.3 Å². The Balaban J connectivity index is 1.95. The van der Waals surface area contributed by atoms with Crippen molar-refractivity contribution in [3.63, 3.8) is 0 Å². The lowest BCUT2D eigenvalue weighted by Crippen LogP contribution is -2.53. The van der Waals surface area contributed by atoms with Crippen molar-refractivity contribution in [1.82, 2.24) is 10.2 Å². The van der Waals surface area contributed by atoms with Crippen molar-refractivity contribution in [1.29, 1.82) is 0 Å². The molecule has 0 heterocycles. The van der Waals surface area contributed by atoms with E-state index in [2.05, 4.69) is 23.3 Å². The first kappa shape index (κ1) is 29.0. The van der Waals surface area contributed by atoms with E-state index in [1.807, 2.05) is 74.5 Å². The first-order valence-corrected chi connectivity index (χ1v) is 13.3. The van der Waals surface area contributed by atoms with Gasteiger partial charge >= 0.3 is 6.09 Å². The third-order valence-corrected chi connectivity index (χ3v) is 6.58. The van der Waals surface area contributed by atoms with E-state index in [-0.39, 0.29) is 18.2 Å². The molecule has 202 valence electrons. The summed E-state index contributed by atoms with van der Waals surface area (Å²) in [6.45, 7) is 11.2. The number of likely N-dealkylation sites (N-methyl/N-ethyl adjacent to an activating group) is 1. The van der Waals surface area contributed by atoms with Gasteiger partial charge in [-0.2, -0.15) is 12.6 Å². The maximum atomic E-state index is 13.8. The molecule has 2 N–H and O–H groups in total. The van der Waals surface area contributed by atoms with Crippen LogP contribution in [0.15, 0.2) is 60.7 Å². The van der Waals surface area contributed by atoms with Gasteiger partial charge in [-0.1, -0.05) is 48.5 Å². The number of fused-ring (bicyclic) bond motifs is 1. The van der Waals surface area contributed by atoms with Gasteiger partial charge in [0.05, 0.1) is 0 Å². The first-order valence-electron chi connectivity index (χ1n) is 12.7. The number of hydrogen-bond donors (Lipinski definition) is 3. The summed E-state index contributed by atoms with van der Waals surface area (Å²) < 4.78 is 5.34. The molecule has 3 rings (SSSR count). The van der Waals surface area contributed by atoms with E-state index >= 15 is 0 Å². The second-order valence-corrected chi connectivity index (χ2v) is 10.7. The topological polar surface area (TPSA) is 87.7 Å². The molecule has 3 aromatic rings.